The number of nitrogens with two attached hydrogens (primary N) is 1. The van der Waals surface area contributed by atoms with Gasteiger partial charge in [-0.25, -0.2) is 26.5 Å². The fraction of sp³-hybridized carbons (Fsp3) is 0.0667. The minimum Gasteiger partial charge on any atom is -0.289 e. The van der Waals surface area contributed by atoms with Crippen LogP contribution in [-0.2, 0) is 21.3 Å². The fourth-order valence-electron chi connectivity index (χ4n) is 2.04. The maximum Gasteiger partial charge on any atom is 0.266 e. The Kier molecular flexibility index (Phi) is 6.36. The van der Waals surface area contributed by atoms with Crippen LogP contribution in [-0.4, -0.2) is 23.4 Å². The summed E-state index contributed by atoms with van der Waals surface area (Å²) in [5.74, 6) is -1.10. The molecule has 3 N–H and O–H groups in total. The molecular formula is C15H15FN2O4S3. The molecule has 134 valence electrons. The number of nitrogens with zero attached hydrogens (tertiary/aromatic N) is 1. The Morgan fingerprint density at radius 1 is 1.24 bits per heavy atom. The Morgan fingerprint density at radius 2 is 1.88 bits per heavy atom. The van der Waals surface area contributed by atoms with Gasteiger partial charge in [0.05, 0.1) is 5.69 Å². The van der Waals surface area contributed by atoms with Gasteiger partial charge in [-0.3, -0.25) is 4.55 Å². The number of hydrogen-bond donors (Lipinski definition) is 2. The van der Waals surface area contributed by atoms with Crippen LogP contribution < -0.4 is 9.44 Å². The molecule has 0 aliphatic heterocycles. The monoisotopic (exact) mass is 402 g/mol. The number of halogens is 1. The lowest BCUT2D eigenvalue weighted by Crippen LogP contribution is -2.24. The van der Waals surface area contributed by atoms with Crippen molar-refractivity contribution in [1.29, 1.82) is 0 Å². The third-order valence-corrected chi connectivity index (χ3v) is 5.53. The van der Waals surface area contributed by atoms with Crippen LogP contribution in [0.25, 0.3) is 6.08 Å². The highest BCUT2D eigenvalue weighted by molar-refractivity contribution is 7.98. The molecule has 1 unspecified atom stereocenters. The Hall–Kier alpha value is -1.72. The molecule has 0 aromatic heterocycles. The number of sulfonamides is 1. The van der Waals surface area contributed by atoms with Gasteiger partial charge < -0.3 is 0 Å². The number of benzene rings is 2. The fourth-order valence-corrected chi connectivity index (χ4v) is 3.79. The minimum absolute atomic E-state index is 0.333. The number of rotatable bonds is 6. The smallest absolute Gasteiger partial charge is 0.266 e. The first-order valence-corrected chi connectivity index (χ1v) is 10.6. The third-order valence-electron chi connectivity index (χ3n) is 3.15. The number of anilines is 1. The molecule has 0 aliphatic carbocycles. The first-order chi connectivity index (χ1) is 11.7. The Morgan fingerprint density at radius 3 is 2.40 bits per heavy atom. The van der Waals surface area contributed by atoms with E-state index in [1.807, 2.05) is 18.4 Å². The molecule has 25 heavy (non-hydrogen) atoms. The van der Waals surface area contributed by atoms with Crippen LogP contribution in [0.2, 0.25) is 0 Å². The molecule has 0 heterocycles. The Labute approximate surface area is 152 Å². The summed E-state index contributed by atoms with van der Waals surface area (Å²) in [5, 5.41) is 5.03. The lowest BCUT2D eigenvalue weighted by Gasteiger charge is -2.18. The molecule has 6 nitrogen and oxygen atoms in total. The van der Waals surface area contributed by atoms with Crippen LogP contribution in [0.5, 0.6) is 0 Å². The normalized spacial score (nSPS) is 13.1. The van der Waals surface area contributed by atoms with Crippen molar-refractivity contribution in [3.63, 3.8) is 0 Å². The maximum atomic E-state index is 13.9. The predicted octanol–water partition coefficient (Wildman–Crippen LogP) is 2.81. The predicted molar refractivity (Wildman–Crippen MR) is 98.3 cm³/mol. The van der Waals surface area contributed by atoms with Crippen molar-refractivity contribution in [3.05, 3.63) is 60.0 Å². The molecule has 2 aromatic carbocycles. The summed E-state index contributed by atoms with van der Waals surface area (Å²) < 4.78 is 59.1. The van der Waals surface area contributed by atoms with Crippen molar-refractivity contribution in [2.24, 2.45) is 5.14 Å². The highest BCUT2D eigenvalue weighted by Gasteiger charge is 2.24. The van der Waals surface area contributed by atoms with Gasteiger partial charge in [0.15, 0.2) is 0 Å². The Bertz CT molecular complexity index is 915. The van der Waals surface area contributed by atoms with Gasteiger partial charge in [0.2, 0.25) is 10.0 Å². The van der Waals surface area contributed by atoms with Crippen molar-refractivity contribution >= 4 is 44.8 Å². The highest BCUT2D eigenvalue weighted by atomic mass is 32.2. The van der Waals surface area contributed by atoms with Gasteiger partial charge in [-0.05, 0) is 42.2 Å². The van der Waals surface area contributed by atoms with Crippen molar-refractivity contribution in [3.8, 4) is 0 Å². The summed E-state index contributed by atoms with van der Waals surface area (Å²) in [7, 11) is -4.43. The molecule has 0 fully saturated rings. The van der Waals surface area contributed by atoms with Gasteiger partial charge in [0.1, 0.15) is 10.7 Å². The van der Waals surface area contributed by atoms with E-state index < -0.39 is 32.0 Å². The van der Waals surface area contributed by atoms with Crippen LogP contribution in [0.3, 0.4) is 0 Å². The van der Waals surface area contributed by atoms with E-state index in [4.69, 9.17) is 5.14 Å². The van der Waals surface area contributed by atoms with E-state index in [-0.39, 0.29) is 5.69 Å². The van der Waals surface area contributed by atoms with Gasteiger partial charge in [-0.1, -0.05) is 18.2 Å². The van der Waals surface area contributed by atoms with Crippen molar-refractivity contribution in [2.45, 2.75) is 9.79 Å². The number of hydrogen-bond acceptors (Lipinski definition) is 4. The Balaban J connectivity index is 2.47. The van der Waals surface area contributed by atoms with Crippen molar-refractivity contribution in [1.82, 2.24) is 0 Å². The molecule has 0 amide bonds. The molecule has 1 atom stereocenters. The molecule has 2 rings (SSSR count). The molecule has 2 aromatic rings. The highest BCUT2D eigenvalue weighted by Crippen LogP contribution is 2.28. The minimum atomic E-state index is -4.43. The molecule has 0 radical (unpaired) electrons. The average Bonchev–Trinajstić information content (AvgIpc) is 2.54. The van der Waals surface area contributed by atoms with E-state index in [0.717, 1.165) is 11.0 Å². The quantitative estimate of drug-likeness (QED) is 0.572. The lowest BCUT2D eigenvalue weighted by atomic mass is 10.2. The SMILES string of the molecule is CSc1ccc(C=CN(c2cccc(F)c2S(N)(=O)=O)S(=O)O)cc1. The average molecular weight is 402 g/mol. The van der Waals surface area contributed by atoms with Gasteiger partial charge >= 0.3 is 0 Å². The zero-order valence-electron chi connectivity index (χ0n) is 13.0. The summed E-state index contributed by atoms with van der Waals surface area (Å²) >= 11 is -1.07. The van der Waals surface area contributed by atoms with E-state index >= 15 is 0 Å². The van der Waals surface area contributed by atoms with Gasteiger partial charge in [0, 0.05) is 11.1 Å². The summed E-state index contributed by atoms with van der Waals surface area (Å²) in [6, 6.07) is 10.6. The summed E-state index contributed by atoms with van der Waals surface area (Å²) in [4.78, 5) is 0.196. The molecular weight excluding hydrogens is 387 g/mol. The molecule has 0 bridgehead atoms. The molecule has 10 heteroatoms. The van der Waals surface area contributed by atoms with E-state index in [9.17, 15) is 21.6 Å². The number of thioether (sulfide) groups is 1. The molecule has 0 saturated heterocycles. The first kappa shape index (κ1) is 19.6. The number of primary sulfonamides is 1. The second-order valence-corrected chi connectivity index (χ2v) is 8.01. The molecule has 0 saturated carbocycles. The zero-order valence-corrected chi connectivity index (χ0v) is 15.4. The zero-order chi connectivity index (χ0) is 18.6. The standard InChI is InChI=1S/C15H15FN2O4S3/c1-23-12-7-5-11(6-8-12)9-10-18(24(19)20)14-4-2-3-13(16)15(14)25(17,21)22/h2-10H,1H3,(H,19,20)(H2,17,21,22). The van der Waals surface area contributed by atoms with E-state index in [1.54, 1.807) is 23.9 Å². The summed E-state index contributed by atoms with van der Waals surface area (Å²) in [5.41, 5.74) is 0.377. The van der Waals surface area contributed by atoms with E-state index in [1.165, 1.54) is 24.4 Å². The largest absolute Gasteiger partial charge is 0.289 e. The first-order valence-electron chi connectivity index (χ1n) is 6.78. The van der Waals surface area contributed by atoms with Crippen LogP contribution in [0.1, 0.15) is 5.56 Å². The molecule has 0 spiro atoms. The summed E-state index contributed by atoms with van der Waals surface area (Å²) in [6.45, 7) is 0. The van der Waals surface area contributed by atoms with E-state index in [0.29, 0.717) is 9.87 Å². The van der Waals surface area contributed by atoms with E-state index in [2.05, 4.69) is 0 Å². The van der Waals surface area contributed by atoms with Crippen molar-refractivity contribution < 1.29 is 21.6 Å². The lowest BCUT2D eigenvalue weighted by molar-refractivity contribution is 0.561. The molecule has 0 aliphatic rings. The van der Waals surface area contributed by atoms with Crippen molar-refractivity contribution in [2.75, 3.05) is 10.6 Å². The van der Waals surface area contributed by atoms with Gasteiger partial charge in [0.25, 0.3) is 11.3 Å². The van der Waals surface area contributed by atoms with Crippen LogP contribution in [0, 0.1) is 5.82 Å². The topological polar surface area (TPSA) is 101 Å². The van der Waals surface area contributed by atoms with Crippen LogP contribution >= 0.6 is 11.8 Å². The summed E-state index contributed by atoms with van der Waals surface area (Å²) in [6.07, 6.45) is 4.62. The third kappa shape index (κ3) is 4.89. The van der Waals surface area contributed by atoms with Gasteiger partial charge in [-0.2, -0.15) is 0 Å². The van der Waals surface area contributed by atoms with Gasteiger partial charge in [-0.15, -0.1) is 11.8 Å². The second-order valence-electron chi connectivity index (χ2n) is 4.78. The second kappa shape index (κ2) is 8.11. The maximum absolute atomic E-state index is 13.9. The van der Waals surface area contributed by atoms with Crippen LogP contribution in [0.4, 0.5) is 10.1 Å². The van der Waals surface area contributed by atoms with Crippen LogP contribution in [0.15, 0.2) is 58.5 Å².